The van der Waals surface area contributed by atoms with Crippen LogP contribution in [0, 0.1) is 5.92 Å². The number of amides is 1. The standard InChI is InChI=1S/C24H28N4O3S/c1-30-20-9-7-17(15-21(20)31-2)11-12-25-24(29)18-5-3-13-28(16-18)23-10-8-19(26-27-23)22-6-4-14-32-22/h4,6-10,14-15,18H,3,5,11-13,16H2,1-2H3,(H,25,29). The van der Waals surface area contributed by atoms with Crippen molar-refractivity contribution in [3.05, 3.63) is 53.4 Å². The summed E-state index contributed by atoms with van der Waals surface area (Å²) < 4.78 is 10.6. The molecule has 0 bridgehead atoms. The first-order chi connectivity index (χ1) is 15.7. The van der Waals surface area contributed by atoms with Crippen molar-refractivity contribution in [1.29, 1.82) is 0 Å². The Morgan fingerprint density at radius 2 is 2.03 bits per heavy atom. The van der Waals surface area contributed by atoms with Crippen LogP contribution in [-0.2, 0) is 11.2 Å². The number of rotatable bonds is 8. The fraction of sp³-hybridized carbons (Fsp3) is 0.375. The summed E-state index contributed by atoms with van der Waals surface area (Å²) in [6, 6.07) is 13.9. The molecule has 0 spiro atoms. The molecule has 168 valence electrons. The maximum absolute atomic E-state index is 12.8. The van der Waals surface area contributed by atoms with Gasteiger partial charge < -0.3 is 19.7 Å². The van der Waals surface area contributed by atoms with Crippen molar-refractivity contribution in [2.75, 3.05) is 38.8 Å². The number of piperidine rings is 1. The topological polar surface area (TPSA) is 76.6 Å². The summed E-state index contributed by atoms with van der Waals surface area (Å²) in [5, 5.41) is 13.9. The highest BCUT2D eigenvalue weighted by molar-refractivity contribution is 7.13. The zero-order chi connectivity index (χ0) is 22.3. The first kappa shape index (κ1) is 22.1. The molecule has 3 heterocycles. The lowest BCUT2D eigenvalue weighted by molar-refractivity contribution is -0.125. The number of methoxy groups -OCH3 is 2. The van der Waals surface area contributed by atoms with Gasteiger partial charge in [0.2, 0.25) is 5.91 Å². The molecular weight excluding hydrogens is 424 g/mol. The number of nitrogens with one attached hydrogen (secondary N) is 1. The third-order valence-corrected chi connectivity index (χ3v) is 6.59. The van der Waals surface area contributed by atoms with Crippen molar-refractivity contribution in [3.8, 4) is 22.1 Å². The van der Waals surface area contributed by atoms with Gasteiger partial charge in [-0.3, -0.25) is 4.79 Å². The van der Waals surface area contributed by atoms with Gasteiger partial charge in [-0.05, 0) is 60.5 Å². The highest BCUT2D eigenvalue weighted by atomic mass is 32.1. The van der Waals surface area contributed by atoms with Crippen molar-refractivity contribution in [2.45, 2.75) is 19.3 Å². The largest absolute Gasteiger partial charge is 0.493 e. The van der Waals surface area contributed by atoms with E-state index in [1.165, 1.54) is 0 Å². The third kappa shape index (κ3) is 5.19. The first-order valence-electron chi connectivity index (χ1n) is 10.8. The Hall–Kier alpha value is -3.13. The van der Waals surface area contributed by atoms with E-state index in [1.807, 2.05) is 47.8 Å². The average molecular weight is 453 g/mol. The normalized spacial score (nSPS) is 15.9. The number of benzene rings is 1. The van der Waals surface area contributed by atoms with Crippen LogP contribution in [0.3, 0.4) is 0 Å². The predicted octanol–water partition coefficient (Wildman–Crippen LogP) is 3.80. The van der Waals surface area contributed by atoms with Gasteiger partial charge in [-0.1, -0.05) is 12.1 Å². The lowest BCUT2D eigenvalue weighted by Gasteiger charge is -2.32. The Labute approximate surface area is 192 Å². The van der Waals surface area contributed by atoms with Gasteiger partial charge in [0.15, 0.2) is 17.3 Å². The minimum atomic E-state index is -0.0482. The van der Waals surface area contributed by atoms with Crippen LogP contribution in [0.5, 0.6) is 11.5 Å². The van der Waals surface area contributed by atoms with Gasteiger partial charge in [0.1, 0.15) is 5.69 Å². The highest BCUT2D eigenvalue weighted by Gasteiger charge is 2.26. The molecule has 8 heteroatoms. The van der Waals surface area contributed by atoms with Crippen LogP contribution in [-0.4, -0.2) is 50.0 Å². The Balaban J connectivity index is 1.30. The summed E-state index contributed by atoms with van der Waals surface area (Å²) in [6.45, 7) is 2.14. The summed E-state index contributed by atoms with van der Waals surface area (Å²) >= 11 is 1.65. The van der Waals surface area contributed by atoms with E-state index >= 15 is 0 Å². The molecule has 0 aliphatic carbocycles. The van der Waals surface area contributed by atoms with E-state index < -0.39 is 0 Å². The molecule has 1 saturated heterocycles. The molecule has 4 rings (SSSR count). The number of thiophene rings is 1. The van der Waals surface area contributed by atoms with Gasteiger partial charge in [0, 0.05) is 19.6 Å². The molecule has 3 aromatic rings. The summed E-state index contributed by atoms with van der Waals surface area (Å²) in [5.41, 5.74) is 1.97. The Morgan fingerprint density at radius 1 is 1.16 bits per heavy atom. The predicted molar refractivity (Wildman–Crippen MR) is 127 cm³/mol. The molecule has 1 N–H and O–H groups in total. The average Bonchev–Trinajstić information content (AvgIpc) is 3.39. The van der Waals surface area contributed by atoms with E-state index in [0.717, 1.165) is 47.8 Å². The molecule has 0 radical (unpaired) electrons. The Kier molecular flexibility index (Phi) is 7.21. The molecule has 1 atom stereocenters. The molecule has 1 unspecified atom stereocenters. The second-order valence-corrected chi connectivity index (χ2v) is 8.72. The van der Waals surface area contributed by atoms with Gasteiger partial charge in [-0.25, -0.2) is 0 Å². The van der Waals surface area contributed by atoms with Crippen LogP contribution in [0.4, 0.5) is 5.82 Å². The van der Waals surface area contributed by atoms with Gasteiger partial charge in [-0.15, -0.1) is 21.5 Å². The number of carbonyl (C=O) groups excluding carboxylic acids is 1. The number of aromatic nitrogens is 2. The van der Waals surface area contributed by atoms with E-state index in [1.54, 1.807) is 25.6 Å². The fourth-order valence-corrected chi connectivity index (χ4v) is 4.65. The molecule has 1 aromatic carbocycles. The van der Waals surface area contributed by atoms with Gasteiger partial charge in [0.25, 0.3) is 0 Å². The maximum Gasteiger partial charge on any atom is 0.224 e. The highest BCUT2D eigenvalue weighted by Crippen LogP contribution is 2.28. The minimum absolute atomic E-state index is 0.0482. The second-order valence-electron chi connectivity index (χ2n) is 7.77. The van der Waals surface area contributed by atoms with Crippen LogP contribution >= 0.6 is 11.3 Å². The van der Waals surface area contributed by atoms with Crippen molar-refractivity contribution < 1.29 is 14.3 Å². The van der Waals surface area contributed by atoms with E-state index in [-0.39, 0.29) is 11.8 Å². The smallest absolute Gasteiger partial charge is 0.224 e. The number of carbonyl (C=O) groups is 1. The van der Waals surface area contributed by atoms with Crippen LogP contribution in [0.25, 0.3) is 10.6 Å². The Bertz CT molecular complexity index is 1020. The molecule has 1 fully saturated rings. The zero-order valence-electron chi connectivity index (χ0n) is 18.4. The van der Waals surface area contributed by atoms with Crippen LogP contribution in [0.15, 0.2) is 47.8 Å². The van der Waals surface area contributed by atoms with Gasteiger partial charge in [-0.2, -0.15) is 0 Å². The third-order valence-electron chi connectivity index (χ3n) is 5.70. The zero-order valence-corrected chi connectivity index (χ0v) is 19.2. The maximum atomic E-state index is 12.8. The van der Waals surface area contributed by atoms with E-state index in [2.05, 4.69) is 20.4 Å². The first-order valence-corrected chi connectivity index (χ1v) is 11.7. The second kappa shape index (κ2) is 10.5. The SMILES string of the molecule is COc1ccc(CCNC(=O)C2CCCN(c3ccc(-c4cccs4)nn3)C2)cc1OC. The molecule has 1 aliphatic rings. The van der Waals surface area contributed by atoms with Crippen molar-refractivity contribution >= 4 is 23.1 Å². The molecular formula is C24H28N4O3S. The fourth-order valence-electron chi connectivity index (χ4n) is 3.96. The summed E-state index contributed by atoms with van der Waals surface area (Å²) in [7, 11) is 3.24. The van der Waals surface area contributed by atoms with Gasteiger partial charge >= 0.3 is 0 Å². The summed E-state index contributed by atoms with van der Waals surface area (Å²) in [5.74, 6) is 2.28. The van der Waals surface area contributed by atoms with E-state index in [9.17, 15) is 4.79 Å². The molecule has 1 aliphatic heterocycles. The Morgan fingerprint density at radius 3 is 2.75 bits per heavy atom. The molecule has 7 nitrogen and oxygen atoms in total. The molecule has 2 aromatic heterocycles. The number of ether oxygens (including phenoxy) is 2. The van der Waals surface area contributed by atoms with Crippen LogP contribution < -0.4 is 19.7 Å². The minimum Gasteiger partial charge on any atom is -0.493 e. The van der Waals surface area contributed by atoms with Crippen molar-refractivity contribution in [2.24, 2.45) is 5.92 Å². The molecule has 0 saturated carbocycles. The quantitative estimate of drug-likeness (QED) is 0.560. The van der Waals surface area contributed by atoms with Crippen molar-refractivity contribution in [3.63, 3.8) is 0 Å². The summed E-state index contributed by atoms with van der Waals surface area (Å²) in [6.07, 6.45) is 2.58. The lowest BCUT2D eigenvalue weighted by Crippen LogP contribution is -2.43. The monoisotopic (exact) mass is 452 g/mol. The summed E-state index contributed by atoms with van der Waals surface area (Å²) in [4.78, 5) is 16.0. The van der Waals surface area contributed by atoms with Crippen molar-refractivity contribution in [1.82, 2.24) is 15.5 Å². The number of nitrogens with zero attached hydrogens (tertiary/aromatic N) is 3. The molecule has 1 amide bonds. The number of hydrogen-bond donors (Lipinski definition) is 1. The number of anilines is 1. The number of hydrogen-bond acceptors (Lipinski definition) is 7. The van der Waals surface area contributed by atoms with E-state index in [4.69, 9.17) is 9.47 Å². The van der Waals surface area contributed by atoms with Gasteiger partial charge in [0.05, 0.1) is 25.0 Å². The molecule has 32 heavy (non-hydrogen) atoms. The van der Waals surface area contributed by atoms with Crippen LogP contribution in [0.2, 0.25) is 0 Å². The van der Waals surface area contributed by atoms with Crippen LogP contribution in [0.1, 0.15) is 18.4 Å². The lowest BCUT2D eigenvalue weighted by atomic mass is 9.97. The van der Waals surface area contributed by atoms with E-state index in [0.29, 0.717) is 24.6 Å².